The molecule has 0 aliphatic carbocycles. The summed E-state index contributed by atoms with van der Waals surface area (Å²) < 4.78 is 0. The van der Waals surface area contributed by atoms with Gasteiger partial charge in [-0.2, -0.15) is 0 Å². The van der Waals surface area contributed by atoms with E-state index in [4.69, 9.17) is 6.58 Å². The molecule has 0 bridgehead atoms. The standard InChI is InChI=1S/C8H15/c1-7(2)6-8(3,4)5/h1H,6H2,2-5H3. The Labute approximate surface area is 52.6 Å². The lowest BCUT2D eigenvalue weighted by Gasteiger charge is -2.16. The van der Waals surface area contributed by atoms with Gasteiger partial charge in [0.2, 0.25) is 0 Å². The van der Waals surface area contributed by atoms with Gasteiger partial charge in [-0.25, -0.2) is 0 Å². The highest BCUT2D eigenvalue weighted by Gasteiger charge is 2.08. The smallest absolute Gasteiger partial charge is 0.0271 e. The maximum atomic E-state index is 5.50. The maximum absolute atomic E-state index is 5.50. The first-order chi connectivity index (χ1) is 3.42. The highest BCUT2D eigenvalue weighted by atomic mass is 14.1. The fraction of sp³-hybridized carbons (Fsp3) is 0.750. The highest BCUT2D eigenvalue weighted by Crippen LogP contribution is 2.21. The first-order valence-corrected chi connectivity index (χ1v) is 3.00. The molecule has 0 saturated carbocycles. The van der Waals surface area contributed by atoms with Gasteiger partial charge in [0, 0.05) is 0 Å². The van der Waals surface area contributed by atoms with Gasteiger partial charge in [0.05, 0.1) is 0 Å². The number of rotatable bonds is 1. The van der Waals surface area contributed by atoms with Crippen LogP contribution < -0.4 is 0 Å². The molecule has 0 atom stereocenters. The normalized spacial score (nSPS) is 11.5. The molecule has 0 unspecified atom stereocenters. The summed E-state index contributed by atoms with van der Waals surface area (Å²) >= 11 is 0. The molecule has 0 aliphatic heterocycles. The van der Waals surface area contributed by atoms with Gasteiger partial charge in [-0.15, -0.1) is 0 Å². The minimum atomic E-state index is 0.360. The number of hydrogen-bond acceptors (Lipinski definition) is 0. The van der Waals surface area contributed by atoms with E-state index >= 15 is 0 Å². The van der Waals surface area contributed by atoms with E-state index in [0.717, 1.165) is 12.0 Å². The van der Waals surface area contributed by atoms with Crippen LogP contribution in [0.2, 0.25) is 0 Å². The van der Waals surface area contributed by atoms with Crippen LogP contribution in [-0.2, 0) is 0 Å². The van der Waals surface area contributed by atoms with Gasteiger partial charge in [0.1, 0.15) is 0 Å². The van der Waals surface area contributed by atoms with Gasteiger partial charge >= 0.3 is 0 Å². The molecule has 0 saturated heterocycles. The molecule has 0 nitrogen and oxygen atoms in total. The summed E-state index contributed by atoms with van der Waals surface area (Å²) in [6, 6.07) is 0. The van der Waals surface area contributed by atoms with E-state index in [1.807, 2.05) is 6.92 Å². The van der Waals surface area contributed by atoms with Gasteiger partial charge in [-0.1, -0.05) is 32.9 Å². The summed E-state index contributed by atoms with van der Waals surface area (Å²) in [7, 11) is 0. The molecule has 0 N–H and O–H groups in total. The minimum absolute atomic E-state index is 0.360. The quantitative estimate of drug-likeness (QED) is 0.488. The van der Waals surface area contributed by atoms with Crippen LogP contribution >= 0.6 is 0 Å². The molecule has 0 aliphatic rings. The van der Waals surface area contributed by atoms with Gasteiger partial charge < -0.3 is 0 Å². The predicted octanol–water partition coefficient (Wildman–Crippen LogP) is 2.80. The summed E-state index contributed by atoms with van der Waals surface area (Å²) in [6.07, 6.45) is 1.02. The molecule has 0 heteroatoms. The molecule has 0 spiro atoms. The van der Waals surface area contributed by atoms with Crippen LogP contribution in [0.5, 0.6) is 0 Å². The van der Waals surface area contributed by atoms with E-state index in [2.05, 4.69) is 20.8 Å². The van der Waals surface area contributed by atoms with Crippen LogP contribution in [0, 0.1) is 12.0 Å². The molecule has 8 heavy (non-hydrogen) atoms. The SMILES string of the molecule is [CH]=C(C)CC(C)(C)C. The molecule has 0 amide bonds. The lowest BCUT2D eigenvalue weighted by Crippen LogP contribution is -2.04. The third-order valence-corrected chi connectivity index (χ3v) is 0.809. The molecule has 0 aromatic carbocycles. The fourth-order valence-electron chi connectivity index (χ4n) is 0.837. The Hall–Kier alpha value is -0.260. The van der Waals surface area contributed by atoms with Gasteiger partial charge in [0.15, 0.2) is 0 Å². The van der Waals surface area contributed by atoms with Crippen LogP contribution in [0.1, 0.15) is 34.1 Å². The van der Waals surface area contributed by atoms with Crippen molar-refractivity contribution in [2.45, 2.75) is 34.1 Å². The zero-order valence-corrected chi connectivity index (χ0v) is 6.28. The first kappa shape index (κ1) is 7.74. The third kappa shape index (κ3) is 5.74. The second-order valence-electron chi connectivity index (χ2n) is 3.58. The fourth-order valence-corrected chi connectivity index (χ4v) is 0.837. The minimum Gasteiger partial charge on any atom is -0.0728 e. The molecule has 47 valence electrons. The molecule has 0 aromatic heterocycles. The van der Waals surface area contributed by atoms with E-state index in [0.29, 0.717) is 5.41 Å². The summed E-state index contributed by atoms with van der Waals surface area (Å²) in [5, 5.41) is 0. The van der Waals surface area contributed by atoms with Crippen LogP contribution in [0.3, 0.4) is 0 Å². The van der Waals surface area contributed by atoms with Gasteiger partial charge in [0.25, 0.3) is 0 Å². The summed E-state index contributed by atoms with van der Waals surface area (Å²) in [5.41, 5.74) is 1.39. The van der Waals surface area contributed by atoms with Gasteiger partial charge in [-0.3, -0.25) is 0 Å². The predicted molar refractivity (Wildman–Crippen MR) is 37.6 cm³/mol. The first-order valence-electron chi connectivity index (χ1n) is 3.00. The van der Waals surface area contributed by atoms with E-state index in [-0.39, 0.29) is 0 Å². The van der Waals surface area contributed by atoms with Crippen molar-refractivity contribution in [1.82, 2.24) is 0 Å². The van der Waals surface area contributed by atoms with E-state index < -0.39 is 0 Å². The topological polar surface area (TPSA) is 0 Å². The second kappa shape index (κ2) is 2.34. The van der Waals surface area contributed by atoms with Crippen molar-refractivity contribution in [3.8, 4) is 0 Å². The van der Waals surface area contributed by atoms with Crippen LogP contribution in [-0.4, -0.2) is 0 Å². The van der Waals surface area contributed by atoms with Crippen molar-refractivity contribution < 1.29 is 0 Å². The van der Waals surface area contributed by atoms with Crippen molar-refractivity contribution in [3.63, 3.8) is 0 Å². The van der Waals surface area contributed by atoms with Crippen LogP contribution in [0.15, 0.2) is 5.57 Å². The molecule has 0 heterocycles. The molecule has 0 rings (SSSR count). The summed E-state index contributed by atoms with van der Waals surface area (Å²) in [4.78, 5) is 0. The largest absolute Gasteiger partial charge is 0.0728 e. The average Bonchev–Trinajstić information content (AvgIpc) is 1.21. The number of hydrogen-bond donors (Lipinski definition) is 0. The average molecular weight is 111 g/mol. The van der Waals surface area contributed by atoms with E-state index in [1.54, 1.807) is 0 Å². The Morgan fingerprint density at radius 2 is 1.75 bits per heavy atom. The monoisotopic (exact) mass is 111 g/mol. The second-order valence-corrected chi connectivity index (χ2v) is 3.58. The number of allylic oxidation sites excluding steroid dienone is 1. The zero-order valence-electron chi connectivity index (χ0n) is 6.28. The highest BCUT2D eigenvalue weighted by molar-refractivity contribution is 4.89. The molecule has 0 aromatic rings. The van der Waals surface area contributed by atoms with Crippen molar-refractivity contribution in [2.75, 3.05) is 0 Å². The van der Waals surface area contributed by atoms with Crippen molar-refractivity contribution >= 4 is 0 Å². The van der Waals surface area contributed by atoms with Gasteiger partial charge in [-0.05, 0) is 18.8 Å². The Kier molecular flexibility index (Phi) is 2.26. The Bertz CT molecular complexity index is 82.7. The third-order valence-electron chi connectivity index (χ3n) is 0.809. The Morgan fingerprint density at radius 3 is 1.75 bits per heavy atom. The molecule has 1 radical (unpaired) electrons. The van der Waals surface area contributed by atoms with E-state index in [9.17, 15) is 0 Å². The lowest BCUT2D eigenvalue weighted by atomic mass is 9.89. The summed E-state index contributed by atoms with van der Waals surface area (Å²) in [5.74, 6) is 0. The Balaban J connectivity index is 3.55. The van der Waals surface area contributed by atoms with Crippen molar-refractivity contribution in [1.29, 1.82) is 0 Å². The van der Waals surface area contributed by atoms with E-state index in [1.165, 1.54) is 0 Å². The lowest BCUT2D eigenvalue weighted by molar-refractivity contribution is 0.410. The van der Waals surface area contributed by atoms with Crippen LogP contribution in [0.25, 0.3) is 0 Å². The zero-order chi connectivity index (χ0) is 6.78. The van der Waals surface area contributed by atoms with Crippen molar-refractivity contribution in [2.24, 2.45) is 5.41 Å². The van der Waals surface area contributed by atoms with Crippen LogP contribution in [0.4, 0.5) is 0 Å². The Morgan fingerprint density at radius 1 is 1.38 bits per heavy atom. The molecular weight excluding hydrogens is 96.1 g/mol. The molecule has 0 fully saturated rings. The maximum Gasteiger partial charge on any atom is -0.0271 e. The van der Waals surface area contributed by atoms with Crippen molar-refractivity contribution in [3.05, 3.63) is 12.2 Å². The molecular formula is C8H15. The summed E-state index contributed by atoms with van der Waals surface area (Å²) in [6.45, 7) is 14.0.